The summed E-state index contributed by atoms with van der Waals surface area (Å²) in [6, 6.07) is 16.1. The number of aliphatic hydroxyl groups is 2. The average molecular weight is 445 g/mol. The maximum absolute atomic E-state index is 12.4. The van der Waals surface area contributed by atoms with E-state index in [2.05, 4.69) is 52.2 Å². The molecule has 0 aliphatic carbocycles. The zero-order valence-corrected chi connectivity index (χ0v) is 19.3. The monoisotopic (exact) mass is 444 g/mol. The summed E-state index contributed by atoms with van der Waals surface area (Å²) >= 11 is 0. The normalized spacial score (nSPS) is 18.1. The van der Waals surface area contributed by atoms with E-state index in [1.165, 1.54) is 0 Å². The maximum atomic E-state index is 12.4. The van der Waals surface area contributed by atoms with E-state index in [1.54, 1.807) is 26.2 Å². The van der Waals surface area contributed by atoms with Crippen LogP contribution in [0.4, 0.5) is 0 Å². The molecule has 1 aliphatic heterocycles. The first-order chi connectivity index (χ1) is 15.6. The Labute approximate surface area is 192 Å². The van der Waals surface area contributed by atoms with Crippen LogP contribution >= 0.6 is 0 Å². The lowest BCUT2D eigenvalue weighted by atomic mass is 9.62. The third kappa shape index (κ3) is 3.53. The standard InChI is InChI=1S/C26H28N4O3/c1-24(2,31)23-28-22(29-33-23)19-12-21(14-27-13-19)26(32,25(3)15-30(4)16-25)20-10-9-17-7-5-6-8-18(17)11-20/h5-14,31-32H,15-16H2,1-4H3. The van der Waals surface area contributed by atoms with Crippen molar-refractivity contribution in [2.45, 2.75) is 32.0 Å². The number of benzene rings is 2. The van der Waals surface area contributed by atoms with Crippen LogP contribution in [0.15, 0.2) is 65.4 Å². The van der Waals surface area contributed by atoms with Crippen molar-refractivity contribution >= 4 is 10.8 Å². The molecule has 7 heteroatoms. The molecule has 0 bridgehead atoms. The predicted octanol–water partition coefficient (Wildman–Crippen LogP) is 3.70. The second kappa shape index (κ2) is 7.45. The van der Waals surface area contributed by atoms with Gasteiger partial charge in [0.15, 0.2) is 0 Å². The van der Waals surface area contributed by atoms with Crippen molar-refractivity contribution in [3.05, 3.63) is 77.9 Å². The van der Waals surface area contributed by atoms with Crippen LogP contribution in [0.2, 0.25) is 0 Å². The Balaban J connectivity index is 1.65. The largest absolute Gasteiger partial charge is 0.381 e. The molecule has 3 heterocycles. The van der Waals surface area contributed by atoms with Crippen molar-refractivity contribution in [2.75, 3.05) is 20.1 Å². The van der Waals surface area contributed by atoms with Crippen LogP contribution in [-0.4, -0.2) is 50.4 Å². The van der Waals surface area contributed by atoms with Crippen LogP contribution < -0.4 is 0 Å². The number of hydrogen-bond acceptors (Lipinski definition) is 7. The molecule has 1 aliphatic rings. The lowest BCUT2D eigenvalue weighted by Gasteiger charge is -2.55. The summed E-state index contributed by atoms with van der Waals surface area (Å²) in [6.45, 7) is 6.77. The van der Waals surface area contributed by atoms with Crippen molar-refractivity contribution in [1.82, 2.24) is 20.0 Å². The Hall–Kier alpha value is -3.13. The Morgan fingerprint density at radius 3 is 2.36 bits per heavy atom. The summed E-state index contributed by atoms with van der Waals surface area (Å²) < 4.78 is 5.25. The van der Waals surface area contributed by atoms with Crippen molar-refractivity contribution in [2.24, 2.45) is 5.41 Å². The fourth-order valence-corrected chi connectivity index (χ4v) is 5.00. The van der Waals surface area contributed by atoms with E-state index in [4.69, 9.17) is 4.52 Å². The number of fused-ring (bicyclic) bond motifs is 1. The number of pyridine rings is 1. The molecule has 0 radical (unpaired) electrons. The van der Waals surface area contributed by atoms with Crippen molar-refractivity contribution in [1.29, 1.82) is 0 Å². The minimum atomic E-state index is -1.28. The number of aromatic nitrogens is 3. The number of rotatable bonds is 5. The second-order valence-electron chi connectivity index (χ2n) is 9.95. The third-order valence-corrected chi connectivity index (χ3v) is 6.64. The average Bonchev–Trinajstić information content (AvgIpc) is 3.28. The van der Waals surface area contributed by atoms with Crippen LogP contribution in [-0.2, 0) is 11.2 Å². The molecule has 5 rings (SSSR count). The summed E-state index contributed by atoms with van der Waals surface area (Å²) in [4.78, 5) is 11.0. The fraction of sp³-hybridized carbons (Fsp3) is 0.346. The zero-order chi connectivity index (χ0) is 23.4. The first-order valence-corrected chi connectivity index (χ1v) is 11.0. The molecule has 7 nitrogen and oxygen atoms in total. The molecule has 0 spiro atoms. The van der Waals surface area contributed by atoms with E-state index in [-0.39, 0.29) is 5.89 Å². The van der Waals surface area contributed by atoms with Gasteiger partial charge in [0, 0.05) is 42.0 Å². The molecule has 2 aromatic heterocycles. The second-order valence-corrected chi connectivity index (χ2v) is 9.95. The molecule has 170 valence electrons. The van der Waals surface area contributed by atoms with E-state index in [0.29, 0.717) is 17.0 Å². The molecule has 0 saturated carbocycles. The van der Waals surface area contributed by atoms with Gasteiger partial charge in [-0.3, -0.25) is 4.98 Å². The van der Waals surface area contributed by atoms with Gasteiger partial charge in [0.05, 0.1) is 0 Å². The van der Waals surface area contributed by atoms with E-state index in [1.807, 2.05) is 30.3 Å². The van der Waals surface area contributed by atoms with Crippen LogP contribution in [0, 0.1) is 5.41 Å². The first-order valence-electron chi connectivity index (χ1n) is 11.0. The first kappa shape index (κ1) is 21.7. The quantitative estimate of drug-likeness (QED) is 0.485. The Morgan fingerprint density at radius 1 is 0.970 bits per heavy atom. The maximum Gasteiger partial charge on any atom is 0.258 e. The molecule has 1 fully saturated rings. The van der Waals surface area contributed by atoms with Crippen LogP contribution in [0.25, 0.3) is 22.2 Å². The van der Waals surface area contributed by atoms with Gasteiger partial charge in [-0.1, -0.05) is 48.5 Å². The number of likely N-dealkylation sites (tertiary alicyclic amines) is 1. The highest BCUT2D eigenvalue weighted by molar-refractivity contribution is 5.83. The summed E-state index contributed by atoms with van der Waals surface area (Å²) in [6.07, 6.45) is 3.35. The van der Waals surface area contributed by atoms with E-state index in [0.717, 1.165) is 29.4 Å². The number of nitrogens with zero attached hydrogens (tertiary/aromatic N) is 4. The van der Waals surface area contributed by atoms with E-state index >= 15 is 0 Å². The highest BCUT2D eigenvalue weighted by Gasteiger charge is 2.55. The van der Waals surface area contributed by atoms with Crippen LogP contribution in [0.1, 0.15) is 37.8 Å². The van der Waals surface area contributed by atoms with Crippen molar-refractivity contribution < 1.29 is 14.7 Å². The highest BCUT2D eigenvalue weighted by atomic mass is 16.5. The van der Waals surface area contributed by atoms with Crippen molar-refractivity contribution in [3.63, 3.8) is 0 Å². The predicted molar refractivity (Wildman–Crippen MR) is 125 cm³/mol. The lowest BCUT2D eigenvalue weighted by molar-refractivity contribution is -0.127. The molecule has 1 atom stereocenters. The summed E-state index contributed by atoms with van der Waals surface area (Å²) in [7, 11) is 2.05. The fourth-order valence-electron chi connectivity index (χ4n) is 5.00. The molecule has 4 aromatic rings. The van der Waals surface area contributed by atoms with Gasteiger partial charge in [0.2, 0.25) is 5.82 Å². The lowest BCUT2D eigenvalue weighted by Crippen LogP contribution is -2.63. The third-order valence-electron chi connectivity index (χ3n) is 6.64. The molecule has 2 N–H and O–H groups in total. The smallest absolute Gasteiger partial charge is 0.258 e. The summed E-state index contributed by atoms with van der Waals surface area (Å²) in [5.41, 5.74) is -0.842. The molecule has 1 unspecified atom stereocenters. The van der Waals surface area contributed by atoms with Crippen LogP contribution in [0.3, 0.4) is 0 Å². The molecule has 2 aromatic carbocycles. The van der Waals surface area contributed by atoms with E-state index in [9.17, 15) is 10.2 Å². The van der Waals surface area contributed by atoms with Gasteiger partial charge in [0.25, 0.3) is 5.89 Å². The van der Waals surface area contributed by atoms with Gasteiger partial charge < -0.3 is 19.6 Å². The minimum Gasteiger partial charge on any atom is -0.381 e. The number of hydrogen-bond donors (Lipinski definition) is 2. The molecular weight excluding hydrogens is 416 g/mol. The zero-order valence-electron chi connectivity index (χ0n) is 19.3. The Morgan fingerprint density at radius 2 is 1.70 bits per heavy atom. The van der Waals surface area contributed by atoms with Gasteiger partial charge in [-0.15, -0.1) is 0 Å². The molecular formula is C26H28N4O3. The molecule has 33 heavy (non-hydrogen) atoms. The summed E-state index contributed by atoms with van der Waals surface area (Å²) in [5, 5.41) is 28.8. The molecule has 1 saturated heterocycles. The van der Waals surface area contributed by atoms with Crippen molar-refractivity contribution in [3.8, 4) is 11.4 Å². The molecule has 0 amide bonds. The van der Waals surface area contributed by atoms with Gasteiger partial charge in [-0.2, -0.15) is 4.98 Å². The van der Waals surface area contributed by atoms with Gasteiger partial charge in [-0.25, -0.2) is 0 Å². The summed E-state index contributed by atoms with van der Waals surface area (Å²) in [5.74, 6) is 0.443. The topological polar surface area (TPSA) is 95.5 Å². The van der Waals surface area contributed by atoms with Crippen LogP contribution in [0.5, 0.6) is 0 Å². The van der Waals surface area contributed by atoms with Gasteiger partial charge >= 0.3 is 0 Å². The minimum absolute atomic E-state index is 0.125. The van der Waals surface area contributed by atoms with E-state index < -0.39 is 16.6 Å². The highest BCUT2D eigenvalue weighted by Crippen LogP contribution is 2.50. The Bertz CT molecular complexity index is 1320. The Kier molecular flexibility index (Phi) is 4.90. The SMILES string of the molecule is CN1CC(C)(C(O)(c2cncc(-c3noc(C(C)(C)O)n3)c2)c2ccc3ccccc3c2)C1. The van der Waals surface area contributed by atoms with Gasteiger partial charge in [0.1, 0.15) is 11.2 Å². The van der Waals surface area contributed by atoms with Gasteiger partial charge in [-0.05, 0) is 49.4 Å².